The first kappa shape index (κ1) is 13.1. The van der Waals surface area contributed by atoms with Crippen molar-refractivity contribution < 1.29 is 9.66 Å². The lowest BCUT2D eigenvalue weighted by Crippen LogP contribution is -2.14. The van der Waals surface area contributed by atoms with Crippen molar-refractivity contribution in [3.05, 3.63) is 81.9 Å². The van der Waals surface area contributed by atoms with Crippen LogP contribution >= 0.6 is 0 Å². The van der Waals surface area contributed by atoms with Gasteiger partial charge in [-0.05, 0) is 17.7 Å². The molecule has 0 aromatic heterocycles. The number of nitro groups is 1. The van der Waals surface area contributed by atoms with Gasteiger partial charge in [0.15, 0.2) is 0 Å². The van der Waals surface area contributed by atoms with E-state index in [-0.39, 0.29) is 11.0 Å². The SMILES string of the molecule is COc1ccc(C[C](c2ccccc2)[N+](=O)[O-])cc1. The molecule has 0 unspecified atom stereocenters. The Labute approximate surface area is 111 Å². The highest BCUT2D eigenvalue weighted by Crippen LogP contribution is 2.21. The Bertz CT molecular complexity index is 537. The molecule has 0 aliphatic carbocycles. The smallest absolute Gasteiger partial charge is 0.324 e. The third kappa shape index (κ3) is 3.31. The van der Waals surface area contributed by atoms with Gasteiger partial charge in [0, 0.05) is 10.5 Å². The first-order valence-corrected chi connectivity index (χ1v) is 5.89. The van der Waals surface area contributed by atoms with Gasteiger partial charge in [0.05, 0.1) is 13.5 Å². The van der Waals surface area contributed by atoms with Crippen LogP contribution in [0.25, 0.3) is 0 Å². The van der Waals surface area contributed by atoms with E-state index in [1.54, 1.807) is 43.5 Å². The first-order valence-electron chi connectivity index (χ1n) is 5.89. The molecule has 4 heteroatoms. The number of hydrogen-bond acceptors (Lipinski definition) is 3. The van der Waals surface area contributed by atoms with Gasteiger partial charge in [0.2, 0.25) is 0 Å². The fourth-order valence-electron chi connectivity index (χ4n) is 1.84. The van der Waals surface area contributed by atoms with Crippen LogP contribution in [-0.4, -0.2) is 12.0 Å². The van der Waals surface area contributed by atoms with E-state index in [1.807, 2.05) is 18.2 Å². The third-order valence-electron chi connectivity index (χ3n) is 2.86. The van der Waals surface area contributed by atoms with Gasteiger partial charge in [-0.25, -0.2) is 0 Å². The van der Waals surface area contributed by atoms with E-state index in [1.165, 1.54) is 0 Å². The summed E-state index contributed by atoms with van der Waals surface area (Å²) < 4.78 is 5.07. The second kappa shape index (κ2) is 6.00. The van der Waals surface area contributed by atoms with Crippen LogP contribution in [-0.2, 0) is 6.42 Å². The molecule has 0 aliphatic rings. The Morgan fingerprint density at radius 2 is 1.74 bits per heavy atom. The molecule has 0 heterocycles. The summed E-state index contributed by atoms with van der Waals surface area (Å²) in [6.45, 7) is 0. The molecule has 2 aromatic rings. The summed E-state index contributed by atoms with van der Waals surface area (Å²) in [5.41, 5.74) is 1.53. The minimum absolute atomic E-state index is 0.200. The van der Waals surface area contributed by atoms with E-state index in [4.69, 9.17) is 4.74 Å². The standard InChI is InChI=1S/C15H14NO3/c1-19-14-9-7-12(8-10-14)11-15(16(17)18)13-5-3-2-4-6-13/h2-10H,11H2,1H3. The van der Waals surface area contributed by atoms with Crippen molar-refractivity contribution >= 4 is 0 Å². The Hall–Kier alpha value is -2.36. The lowest BCUT2D eigenvalue weighted by Gasteiger charge is -2.08. The van der Waals surface area contributed by atoms with E-state index in [2.05, 4.69) is 0 Å². The van der Waals surface area contributed by atoms with Crippen molar-refractivity contribution in [3.8, 4) is 5.75 Å². The molecule has 0 spiro atoms. The van der Waals surface area contributed by atoms with Crippen LogP contribution in [0.15, 0.2) is 54.6 Å². The molecule has 0 N–H and O–H groups in total. The van der Waals surface area contributed by atoms with Crippen molar-refractivity contribution in [2.45, 2.75) is 6.42 Å². The molecular formula is C15H14NO3. The van der Waals surface area contributed by atoms with Gasteiger partial charge in [-0.2, -0.15) is 0 Å². The molecule has 2 rings (SSSR count). The van der Waals surface area contributed by atoms with Gasteiger partial charge in [-0.1, -0.05) is 42.5 Å². The van der Waals surface area contributed by atoms with Gasteiger partial charge in [-0.3, -0.25) is 10.1 Å². The van der Waals surface area contributed by atoms with Crippen LogP contribution in [0.2, 0.25) is 0 Å². The largest absolute Gasteiger partial charge is 0.497 e. The van der Waals surface area contributed by atoms with Crippen LogP contribution < -0.4 is 4.74 Å². The number of benzene rings is 2. The summed E-state index contributed by atoms with van der Waals surface area (Å²) in [5, 5.41) is 11.2. The number of hydrogen-bond donors (Lipinski definition) is 0. The Kier molecular flexibility index (Phi) is 4.13. The predicted octanol–water partition coefficient (Wildman–Crippen LogP) is 3.09. The summed E-state index contributed by atoms with van der Waals surface area (Å²) in [7, 11) is 1.59. The fourth-order valence-corrected chi connectivity index (χ4v) is 1.84. The Morgan fingerprint density at radius 3 is 2.26 bits per heavy atom. The zero-order valence-corrected chi connectivity index (χ0v) is 10.6. The molecular weight excluding hydrogens is 242 g/mol. The molecule has 0 atom stereocenters. The van der Waals surface area contributed by atoms with E-state index in [0.29, 0.717) is 12.0 Å². The average molecular weight is 256 g/mol. The lowest BCUT2D eigenvalue weighted by molar-refractivity contribution is -0.459. The maximum atomic E-state index is 11.2. The second-order valence-electron chi connectivity index (χ2n) is 4.09. The van der Waals surface area contributed by atoms with Crippen molar-refractivity contribution in [1.82, 2.24) is 0 Å². The summed E-state index contributed by atoms with van der Waals surface area (Å²) in [6.07, 6.45) is 0.293. The van der Waals surface area contributed by atoms with Crippen LogP contribution in [0, 0.1) is 16.2 Å². The monoisotopic (exact) mass is 256 g/mol. The molecule has 97 valence electrons. The normalized spacial score (nSPS) is 10.4. The van der Waals surface area contributed by atoms with Gasteiger partial charge in [0.25, 0.3) is 0 Å². The topological polar surface area (TPSA) is 52.4 Å². The number of methoxy groups -OCH3 is 1. The zero-order chi connectivity index (χ0) is 13.7. The van der Waals surface area contributed by atoms with E-state index in [0.717, 1.165) is 11.3 Å². The van der Waals surface area contributed by atoms with Crippen molar-refractivity contribution in [2.24, 2.45) is 0 Å². The quantitative estimate of drug-likeness (QED) is 0.610. The van der Waals surface area contributed by atoms with Crippen molar-refractivity contribution in [3.63, 3.8) is 0 Å². The molecule has 1 radical (unpaired) electrons. The molecule has 4 nitrogen and oxygen atoms in total. The highest BCUT2D eigenvalue weighted by atomic mass is 16.6. The molecule has 0 saturated heterocycles. The van der Waals surface area contributed by atoms with E-state index in [9.17, 15) is 10.1 Å². The number of nitrogens with zero attached hydrogens (tertiary/aromatic N) is 1. The molecule has 19 heavy (non-hydrogen) atoms. The summed E-state index contributed by atoms with van der Waals surface area (Å²) in [4.78, 5) is 10.9. The molecule has 0 aliphatic heterocycles. The van der Waals surface area contributed by atoms with Crippen molar-refractivity contribution in [1.29, 1.82) is 0 Å². The average Bonchev–Trinajstić information content (AvgIpc) is 2.46. The van der Waals surface area contributed by atoms with Gasteiger partial charge >= 0.3 is 6.04 Å². The van der Waals surface area contributed by atoms with Crippen LogP contribution in [0.1, 0.15) is 11.1 Å². The zero-order valence-electron chi connectivity index (χ0n) is 10.6. The molecule has 0 amide bonds. The number of rotatable bonds is 5. The highest BCUT2D eigenvalue weighted by molar-refractivity contribution is 5.33. The summed E-state index contributed by atoms with van der Waals surface area (Å²) >= 11 is 0. The Balaban J connectivity index is 2.19. The van der Waals surface area contributed by atoms with Crippen LogP contribution in [0.5, 0.6) is 5.75 Å². The summed E-state index contributed by atoms with van der Waals surface area (Å²) in [6, 6.07) is 16.4. The van der Waals surface area contributed by atoms with Crippen molar-refractivity contribution in [2.75, 3.05) is 7.11 Å². The third-order valence-corrected chi connectivity index (χ3v) is 2.86. The van der Waals surface area contributed by atoms with Crippen LogP contribution in [0.3, 0.4) is 0 Å². The minimum Gasteiger partial charge on any atom is -0.497 e. The first-order chi connectivity index (χ1) is 9.20. The molecule has 0 saturated carbocycles. The molecule has 0 fully saturated rings. The fraction of sp³-hybridized carbons (Fsp3) is 0.133. The van der Waals surface area contributed by atoms with Gasteiger partial charge < -0.3 is 4.74 Å². The van der Waals surface area contributed by atoms with Gasteiger partial charge in [-0.15, -0.1) is 0 Å². The Morgan fingerprint density at radius 1 is 1.11 bits per heavy atom. The number of ether oxygens (including phenoxy) is 1. The lowest BCUT2D eigenvalue weighted by atomic mass is 9.99. The predicted molar refractivity (Wildman–Crippen MR) is 72.5 cm³/mol. The summed E-state index contributed by atoms with van der Waals surface area (Å²) in [5.74, 6) is 0.742. The maximum Gasteiger partial charge on any atom is 0.324 e. The highest BCUT2D eigenvalue weighted by Gasteiger charge is 2.26. The van der Waals surface area contributed by atoms with E-state index < -0.39 is 0 Å². The molecule has 2 aromatic carbocycles. The van der Waals surface area contributed by atoms with Gasteiger partial charge in [0.1, 0.15) is 5.75 Å². The second-order valence-corrected chi connectivity index (χ2v) is 4.09. The maximum absolute atomic E-state index is 11.2. The van der Waals surface area contributed by atoms with Crippen LogP contribution in [0.4, 0.5) is 0 Å². The molecule has 0 bridgehead atoms. The minimum atomic E-state index is -0.320. The van der Waals surface area contributed by atoms with E-state index >= 15 is 0 Å².